The molecule has 0 aliphatic carbocycles. The number of halogens is 1. The second-order valence-electron chi connectivity index (χ2n) is 10.9. The third-order valence-corrected chi connectivity index (χ3v) is 7.72. The molecule has 9 nitrogen and oxygen atoms in total. The first kappa shape index (κ1) is 29.9. The number of ether oxygens (including phenoxy) is 1. The van der Waals surface area contributed by atoms with Crippen molar-refractivity contribution in [1.82, 2.24) is 25.3 Å². The van der Waals surface area contributed by atoms with E-state index in [1.807, 2.05) is 74.5 Å². The molecule has 0 saturated carbocycles. The summed E-state index contributed by atoms with van der Waals surface area (Å²) < 4.78 is 5.59. The van der Waals surface area contributed by atoms with Gasteiger partial charge in [-0.15, -0.1) is 0 Å². The van der Waals surface area contributed by atoms with Gasteiger partial charge in [0.1, 0.15) is 11.3 Å². The van der Waals surface area contributed by atoms with Crippen LogP contribution in [-0.4, -0.2) is 44.7 Å². The lowest BCUT2D eigenvalue weighted by Gasteiger charge is -2.20. The van der Waals surface area contributed by atoms with E-state index in [9.17, 15) is 9.90 Å². The Bertz CT molecular complexity index is 1830. The van der Waals surface area contributed by atoms with Gasteiger partial charge in [0.05, 0.1) is 28.8 Å². The van der Waals surface area contributed by atoms with Crippen molar-refractivity contribution in [3.8, 4) is 28.3 Å². The number of anilines is 2. The molecule has 0 fully saturated rings. The topological polar surface area (TPSA) is 122 Å². The number of nitrogens with zero attached hydrogens (tertiary/aromatic N) is 4. The fraction of sp³-hybridized carbons (Fsp3) is 0.242. The normalized spacial score (nSPS) is 11.5. The van der Waals surface area contributed by atoms with Gasteiger partial charge in [0, 0.05) is 41.7 Å². The summed E-state index contributed by atoms with van der Waals surface area (Å²) in [6.07, 6.45) is 1.73. The molecule has 2 aromatic carbocycles. The molecule has 5 rings (SSSR count). The molecule has 0 unspecified atom stereocenters. The quantitative estimate of drug-likeness (QED) is 0.157. The van der Waals surface area contributed by atoms with Gasteiger partial charge in [-0.3, -0.25) is 9.78 Å². The van der Waals surface area contributed by atoms with Crippen molar-refractivity contribution >= 4 is 40.1 Å². The maximum Gasteiger partial charge on any atom is 0.310 e. The SMILES string of the molecule is COc1nc(-c2cccc(-c3cccc(Nc4nc(C)nc5cccnc45)c3C)c2Cl)ccc1CNCC(C)(C)C(=O)O. The van der Waals surface area contributed by atoms with Gasteiger partial charge < -0.3 is 20.5 Å². The van der Waals surface area contributed by atoms with E-state index in [1.54, 1.807) is 27.2 Å². The molecule has 0 atom stereocenters. The molecular formula is C33H33ClN6O3. The molecular weight excluding hydrogens is 564 g/mol. The second-order valence-corrected chi connectivity index (χ2v) is 11.3. The summed E-state index contributed by atoms with van der Waals surface area (Å²) in [6, 6.07) is 19.5. The van der Waals surface area contributed by atoms with Crippen molar-refractivity contribution in [2.45, 2.75) is 34.2 Å². The largest absolute Gasteiger partial charge is 0.481 e. The number of pyridine rings is 2. The number of carbonyl (C=O) groups is 1. The van der Waals surface area contributed by atoms with E-state index >= 15 is 0 Å². The molecule has 5 aromatic rings. The predicted octanol–water partition coefficient (Wildman–Crippen LogP) is 6.98. The Morgan fingerprint density at radius 3 is 2.47 bits per heavy atom. The standard InChI is InChI=1S/C33H33ClN6O3/c1-19-22(9-7-12-25(19)39-30-29-27(13-8-16-36-29)37-20(2)38-30)23-10-6-11-24(28(23)34)26-15-14-21(31(40-26)43-5)17-35-18-33(3,4)32(41)42/h6-16,35H,17-18H2,1-5H3,(H,41,42)(H,37,38,39). The van der Waals surface area contributed by atoms with Crippen LogP contribution in [0.4, 0.5) is 11.5 Å². The number of nitrogens with one attached hydrogen (secondary N) is 2. The predicted molar refractivity (Wildman–Crippen MR) is 170 cm³/mol. The molecule has 3 heterocycles. The number of methoxy groups -OCH3 is 1. The summed E-state index contributed by atoms with van der Waals surface area (Å²) in [4.78, 5) is 29.8. The number of carboxylic acids is 1. The van der Waals surface area contributed by atoms with Crippen molar-refractivity contribution < 1.29 is 14.6 Å². The minimum absolute atomic E-state index is 0.304. The number of aliphatic carboxylic acids is 1. The van der Waals surface area contributed by atoms with Gasteiger partial charge in [0.2, 0.25) is 5.88 Å². The number of rotatable bonds is 10. The fourth-order valence-electron chi connectivity index (χ4n) is 4.81. The Morgan fingerprint density at radius 1 is 0.953 bits per heavy atom. The minimum Gasteiger partial charge on any atom is -0.481 e. The summed E-state index contributed by atoms with van der Waals surface area (Å²) in [6.45, 7) is 7.98. The lowest BCUT2D eigenvalue weighted by molar-refractivity contribution is -0.146. The lowest BCUT2D eigenvalue weighted by atomic mass is 9.94. The van der Waals surface area contributed by atoms with Gasteiger partial charge in [-0.1, -0.05) is 48.0 Å². The van der Waals surface area contributed by atoms with Crippen LogP contribution in [0, 0.1) is 19.3 Å². The average molecular weight is 597 g/mol. The van der Waals surface area contributed by atoms with Gasteiger partial charge >= 0.3 is 5.97 Å². The van der Waals surface area contributed by atoms with E-state index in [-0.39, 0.29) is 0 Å². The third kappa shape index (κ3) is 6.28. The zero-order chi connectivity index (χ0) is 30.7. The van der Waals surface area contributed by atoms with Crippen LogP contribution < -0.4 is 15.4 Å². The summed E-state index contributed by atoms with van der Waals surface area (Å²) >= 11 is 7.06. The van der Waals surface area contributed by atoms with Crippen molar-refractivity contribution in [2.75, 3.05) is 19.0 Å². The van der Waals surface area contributed by atoms with Crippen LogP contribution in [0.5, 0.6) is 5.88 Å². The zero-order valence-electron chi connectivity index (χ0n) is 24.7. The maximum atomic E-state index is 11.4. The molecule has 0 aliphatic heterocycles. The Balaban J connectivity index is 1.45. The minimum atomic E-state index is -0.891. The van der Waals surface area contributed by atoms with Crippen molar-refractivity contribution in [3.63, 3.8) is 0 Å². The Morgan fingerprint density at radius 2 is 1.70 bits per heavy atom. The van der Waals surface area contributed by atoms with E-state index in [4.69, 9.17) is 21.3 Å². The highest BCUT2D eigenvalue weighted by molar-refractivity contribution is 6.36. The first-order chi connectivity index (χ1) is 20.6. The van der Waals surface area contributed by atoms with Crippen LogP contribution in [0.1, 0.15) is 30.8 Å². The first-order valence-electron chi connectivity index (χ1n) is 13.8. The molecule has 0 aliphatic rings. The molecule has 0 spiro atoms. The number of aromatic nitrogens is 4. The van der Waals surface area contributed by atoms with Gasteiger partial charge in [-0.25, -0.2) is 15.0 Å². The highest BCUT2D eigenvalue weighted by atomic mass is 35.5. The zero-order valence-corrected chi connectivity index (χ0v) is 25.5. The van der Waals surface area contributed by atoms with Gasteiger partial charge in [0.15, 0.2) is 5.82 Å². The smallest absolute Gasteiger partial charge is 0.310 e. The molecule has 0 saturated heterocycles. The maximum absolute atomic E-state index is 11.4. The lowest BCUT2D eigenvalue weighted by Crippen LogP contribution is -2.35. The van der Waals surface area contributed by atoms with E-state index in [0.29, 0.717) is 46.8 Å². The second kappa shape index (κ2) is 12.3. The van der Waals surface area contributed by atoms with Crippen LogP contribution in [0.25, 0.3) is 33.4 Å². The van der Waals surface area contributed by atoms with E-state index in [1.165, 1.54) is 0 Å². The monoisotopic (exact) mass is 596 g/mol. The van der Waals surface area contributed by atoms with E-state index in [0.717, 1.165) is 39.0 Å². The average Bonchev–Trinajstić information content (AvgIpc) is 2.98. The van der Waals surface area contributed by atoms with Crippen molar-refractivity contribution in [3.05, 3.63) is 88.8 Å². The van der Waals surface area contributed by atoms with Crippen LogP contribution >= 0.6 is 11.6 Å². The van der Waals surface area contributed by atoms with Gasteiger partial charge in [0.25, 0.3) is 0 Å². The number of fused-ring (bicyclic) bond motifs is 1. The summed E-state index contributed by atoms with van der Waals surface area (Å²) in [7, 11) is 1.56. The first-order valence-corrected chi connectivity index (χ1v) is 14.2. The summed E-state index contributed by atoms with van der Waals surface area (Å²) in [5, 5.41) is 16.6. The van der Waals surface area contributed by atoms with E-state index in [2.05, 4.69) is 25.6 Å². The molecule has 0 bridgehead atoms. The molecule has 3 aromatic heterocycles. The number of aryl methyl sites for hydroxylation is 1. The summed E-state index contributed by atoms with van der Waals surface area (Å²) in [5.74, 6) is 0.881. The molecule has 0 amide bonds. The van der Waals surface area contributed by atoms with Crippen LogP contribution in [0.15, 0.2) is 66.9 Å². The number of hydrogen-bond donors (Lipinski definition) is 3. The molecule has 3 N–H and O–H groups in total. The Labute approximate surface area is 255 Å². The Kier molecular flexibility index (Phi) is 8.57. The van der Waals surface area contributed by atoms with Crippen LogP contribution in [0.2, 0.25) is 5.02 Å². The Hall–Kier alpha value is -4.60. The van der Waals surface area contributed by atoms with E-state index < -0.39 is 11.4 Å². The highest BCUT2D eigenvalue weighted by Gasteiger charge is 2.26. The van der Waals surface area contributed by atoms with Crippen molar-refractivity contribution in [1.29, 1.82) is 0 Å². The number of hydrogen-bond acceptors (Lipinski definition) is 8. The fourth-order valence-corrected chi connectivity index (χ4v) is 5.14. The van der Waals surface area contributed by atoms with Crippen LogP contribution in [0.3, 0.4) is 0 Å². The number of benzene rings is 2. The molecule has 0 radical (unpaired) electrons. The summed E-state index contributed by atoms with van der Waals surface area (Å²) in [5.41, 5.74) is 6.54. The molecule has 10 heteroatoms. The highest BCUT2D eigenvalue weighted by Crippen LogP contribution is 2.40. The third-order valence-electron chi connectivity index (χ3n) is 7.31. The van der Waals surface area contributed by atoms with Gasteiger partial charge in [-0.2, -0.15) is 0 Å². The van der Waals surface area contributed by atoms with Crippen molar-refractivity contribution in [2.24, 2.45) is 5.41 Å². The molecule has 43 heavy (non-hydrogen) atoms. The number of carboxylic acid groups (broad SMARTS) is 1. The molecule has 220 valence electrons. The van der Waals surface area contributed by atoms with Gasteiger partial charge in [-0.05, 0) is 63.1 Å². The van der Waals surface area contributed by atoms with Crippen LogP contribution in [-0.2, 0) is 11.3 Å².